The molecular weight excluding hydrogens is 300 g/mol. The summed E-state index contributed by atoms with van der Waals surface area (Å²) in [7, 11) is 0. The summed E-state index contributed by atoms with van der Waals surface area (Å²) < 4.78 is 1.12. The summed E-state index contributed by atoms with van der Waals surface area (Å²) in [5.74, 6) is 0. The van der Waals surface area contributed by atoms with Gasteiger partial charge in [-0.2, -0.15) is 0 Å². The molecule has 0 saturated heterocycles. The van der Waals surface area contributed by atoms with Crippen molar-refractivity contribution in [1.29, 1.82) is 0 Å². The largest absolute Gasteiger partial charge is 0.398 e. The van der Waals surface area contributed by atoms with E-state index in [0.717, 1.165) is 29.8 Å². The van der Waals surface area contributed by atoms with E-state index in [2.05, 4.69) is 58.1 Å². The van der Waals surface area contributed by atoms with E-state index in [1.54, 1.807) is 0 Å². The van der Waals surface area contributed by atoms with Gasteiger partial charge in [-0.05, 0) is 35.9 Å². The van der Waals surface area contributed by atoms with Crippen LogP contribution in [0.2, 0.25) is 0 Å². The van der Waals surface area contributed by atoms with Gasteiger partial charge in [0, 0.05) is 23.2 Å². The van der Waals surface area contributed by atoms with Crippen molar-refractivity contribution in [3.05, 3.63) is 64.1 Å². The average Bonchev–Trinajstić information content (AvgIpc) is 2.43. The van der Waals surface area contributed by atoms with E-state index < -0.39 is 0 Å². The van der Waals surface area contributed by atoms with Gasteiger partial charge in [-0.1, -0.05) is 53.2 Å². The molecule has 2 aromatic carbocycles. The quantitative estimate of drug-likeness (QED) is 0.842. The molecule has 0 fully saturated rings. The second-order valence-electron chi connectivity index (χ2n) is 4.63. The van der Waals surface area contributed by atoms with E-state index >= 15 is 0 Å². The molecule has 0 saturated carbocycles. The second kappa shape index (κ2) is 6.73. The fourth-order valence-corrected chi connectivity index (χ4v) is 2.31. The van der Waals surface area contributed by atoms with Gasteiger partial charge in [0.05, 0.1) is 0 Å². The van der Waals surface area contributed by atoms with Gasteiger partial charge in [0.15, 0.2) is 0 Å². The summed E-state index contributed by atoms with van der Waals surface area (Å²) in [5, 5.41) is 0. The van der Waals surface area contributed by atoms with E-state index in [0.29, 0.717) is 0 Å². The number of nitrogens with two attached hydrogens (primary N) is 1. The van der Waals surface area contributed by atoms with Crippen LogP contribution in [0, 0.1) is 0 Å². The van der Waals surface area contributed by atoms with Crippen molar-refractivity contribution in [2.24, 2.45) is 0 Å². The Labute approximate surface area is 123 Å². The second-order valence-corrected chi connectivity index (χ2v) is 5.54. The molecular formula is C16H19BrN2. The van der Waals surface area contributed by atoms with Crippen LogP contribution in [0.25, 0.3) is 0 Å². The zero-order chi connectivity index (χ0) is 13.7. The molecule has 2 rings (SSSR count). The molecule has 0 radical (unpaired) electrons. The number of rotatable bonds is 5. The van der Waals surface area contributed by atoms with E-state index in [1.807, 2.05) is 18.2 Å². The van der Waals surface area contributed by atoms with Gasteiger partial charge in [0.1, 0.15) is 0 Å². The Morgan fingerprint density at radius 3 is 2.32 bits per heavy atom. The minimum atomic E-state index is 0.872. The van der Waals surface area contributed by atoms with Gasteiger partial charge < -0.3 is 5.73 Å². The Balaban J connectivity index is 2.05. The Kier molecular flexibility index (Phi) is 5.00. The van der Waals surface area contributed by atoms with Crippen molar-refractivity contribution < 1.29 is 0 Å². The molecule has 100 valence electrons. The molecule has 0 atom stereocenters. The monoisotopic (exact) mass is 318 g/mol. The lowest BCUT2D eigenvalue weighted by molar-refractivity contribution is 0.272. The van der Waals surface area contributed by atoms with Gasteiger partial charge in [-0.3, -0.25) is 4.90 Å². The molecule has 0 aliphatic carbocycles. The zero-order valence-corrected chi connectivity index (χ0v) is 12.7. The standard InChI is InChI=1S/C16H19BrN2/c1-2-19(11-13-7-9-15(17)10-8-13)12-14-5-3-4-6-16(14)18/h3-10H,2,11-12,18H2,1H3. The van der Waals surface area contributed by atoms with Gasteiger partial charge in [-0.15, -0.1) is 0 Å². The normalized spacial score (nSPS) is 10.9. The van der Waals surface area contributed by atoms with Crippen molar-refractivity contribution in [2.45, 2.75) is 20.0 Å². The Morgan fingerprint density at radius 1 is 1.00 bits per heavy atom. The molecule has 0 spiro atoms. The van der Waals surface area contributed by atoms with E-state index in [1.165, 1.54) is 11.1 Å². The van der Waals surface area contributed by atoms with E-state index in [9.17, 15) is 0 Å². The van der Waals surface area contributed by atoms with E-state index in [4.69, 9.17) is 5.73 Å². The van der Waals surface area contributed by atoms with Crippen molar-refractivity contribution in [3.8, 4) is 0 Å². The zero-order valence-electron chi connectivity index (χ0n) is 11.1. The third-order valence-electron chi connectivity index (χ3n) is 3.22. The Morgan fingerprint density at radius 2 is 1.68 bits per heavy atom. The molecule has 0 aliphatic rings. The van der Waals surface area contributed by atoms with Crippen molar-refractivity contribution in [3.63, 3.8) is 0 Å². The van der Waals surface area contributed by atoms with Gasteiger partial charge in [-0.25, -0.2) is 0 Å². The summed E-state index contributed by atoms with van der Waals surface area (Å²) in [5.41, 5.74) is 9.39. The number of anilines is 1. The number of hydrogen-bond donors (Lipinski definition) is 1. The van der Waals surface area contributed by atoms with Crippen LogP contribution in [-0.4, -0.2) is 11.4 Å². The molecule has 2 nitrogen and oxygen atoms in total. The lowest BCUT2D eigenvalue weighted by atomic mass is 10.1. The summed E-state index contributed by atoms with van der Waals surface area (Å²) in [6.45, 7) is 5.01. The van der Waals surface area contributed by atoms with Crippen LogP contribution in [0.5, 0.6) is 0 Å². The van der Waals surface area contributed by atoms with Gasteiger partial charge in [0.2, 0.25) is 0 Å². The molecule has 19 heavy (non-hydrogen) atoms. The van der Waals surface area contributed by atoms with Crippen LogP contribution in [0.15, 0.2) is 53.0 Å². The molecule has 0 unspecified atom stereocenters. The lowest BCUT2D eigenvalue weighted by Crippen LogP contribution is -2.22. The summed E-state index contributed by atoms with van der Waals surface area (Å²) in [6.07, 6.45) is 0. The van der Waals surface area contributed by atoms with Crippen LogP contribution in [0.1, 0.15) is 18.1 Å². The Bertz CT molecular complexity index is 523. The Hall–Kier alpha value is -1.32. The average molecular weight is 319 g/mol. The number of hydrogen-bond acceptors (Lipinski definition) is 2. The third-order valence-corrected chi connectivity index (χ3v) is 3.74. The van der Waals surface area contributed by atoms with Crippen LogP contribution >= 0.6 is 15.9 Å². The maximum Gasteiger partial charge on any atom is 0.0359 e. The maximum absolute atomic E-state index is 6.00. The minimum Gasteiger partial charge on any atom is -0.398 e. The number of halogens is 1. The first-order valence-corrected chi connectivity index (χ1v) is 7.28. The third kappa shape index (κ3) is 4.08. The highest BCUT2D eigenvalue weighted by Gasteiger charge is 2.06. The van der Waals surface area contributed by atoms with Crippen molar-refractivity contribution >= 4 is 21.6 Å². The van der Waals surface area contributed by atoms with E-state index in [-0.39, 0.29) is 0 Å². The topological polar surface area (TPSA) is 29.3 Å². The van der Waals surface area contributed by atoms with Crippen LogP contribution in [0.3, 0.4) is 0 Å². The SMILES string of the molecule is CCN(Cc1ccc(Br)cc1)Cc1ccccc1N. The van der Waals surface area contributed by atoms with Gasteiger partial charge in [0.25, 0.3) is 0 Å². The highest BCUT2D eigenvalue weighted by atomic mass is 79.9. The van der Waals surface area contributed by atoms with Gasteiger partial charge >= 0.3 is 0 Å². The lowest BCUT2D eigenvalue weighted by Gasteiger charge is -2.21. The molecule has 3 heteroatoms. The number of benzene rings is 2. The number of nitrogens with zero attached hydrogens (tertiary/aromatic N) is 1. The summed E-state index contributed by atoms with van der Waals surface area (Å²) in [6, 6.07) is 16.5. The van der Waals surface area contributed by atoms with Crippen LogP contribution < -0.4 is 5.73 Å². The fourth-order valence-electron chi connectivity index (χ4n) is 2.05. The molecule has 2 N–H and O–H groups in total. The molecule has 0 aliphatic heterocycles. The molecule has 0 amide bonds. The molecule has 0 aromatic heterocycles. The van der Waals surface area contributed by atoms with Crippen LogP contribution in [0.4, 0.5) is 5.69 Å². The molecule has 0 bridgehead atoms. The van der Waals surface area contributed by atoms with Crippen molar-refractivity contribution in [2.75, 3.05) is 12.3 Å². The summed E-state index contributed by atoms with van der Waals surface area (Å²) in [4.78, 5) is 2.38. The number of nitrogen functional groups attached to an aromatic ring is 1. The van der Waals surface area contributed by atoms with Crippen molar-refractivity contribution in [1.82, 2.24) is 4.90 Å². The highest BCUT2D eigenvalue weighted by molar-refractivity contribution is 9.10. The molecule has 2 aromatic rings. The maximum atomic E-state index is 6.00. The first-order chi connectivity index (χ1) is 9.19. The smallest absolute Gasteiger partial charge is 0.0359 e. The highest BCUT2D eigenvalue weighted by Crippen LogP contribution is 2.16. The predicted molar refractivity (Wildman–Crippen MR) is 84.8 cm³/mol. The first kappa shape index (κ1) is 14.1. The first-order valence-electron chi connectivity index (χ1n) is 6.49. The van der Waals surface area contributed by atoms with Crippen LogP contribution in [-0.2, 0) is 13.1 Å². The predicted octanol–water partition coefficient (Wildman–Crippen LogP) is 4.05. The number of para-hydroxylation sites is 1. The fraction of sp³-hybridized carbons (Fsp3) is 0.250. The minimum absolute atomic E-state index is 0.872. The summed E-state index contributed by atoms with van der Waals surface area (Å²) >= 11 is 3.46. The molecule has 0 heterocycles.